The molecule has 2 nitrogen and oxygen atoms in total. The molecule has 0 aliphatic heterocycles. The van der Waals surface area contributed by atoms with E-state index in [9.17, 15) is 13.6 Å². The molecule has 0 spiro atoms. The number of hydrogen-bond donors (Lipinski definition) is 0. The fourth-order valence-electron chi connectivity index (χ4n) is 1.27. The first-order chi connectivity index (χ1) is 7.52. The van der Waals surface area contributed by atoms with E-state index in [2.05, 4.69) is 4.74 Å². The lowest BCUT2D eigenvalue weighted by atomic mass is 10.1. The van der Waals surface area contributed by atoms with Gasteiger partial charge in [0.25, 0.3) is 0 Å². The van der Waals surface area contributed by atoms with Crippen LogP contribution in [0.3, 0.4) is 0 Å². The maximum absolute atomic E-state index is 13.2. The van der Waals surface area contributed by atoms with E-state index in [1.165, 1.54) is 7.11 Å². The summed E-state index contributed by atoms with van der Waals surface area (Å²) >= 11 is 5.82. The van der Waals surface area contributed by atoms with Gasteiger partial charge < -0.3 is 4.74 Å². The smallest absolute Gasteiger partial charge is 0.307 e. The van der Waals surface area contributed by atoms with Crippen molar-refractivity contribution in [3.05, 3.63) is 35.4 Å². The number of esters is 1. The molecular formula is C11H11ClF2O2. The Bertz CT molecular complexity index is 382. The van der Waals surface area contributed by atoms with Crippen LogP contribution in [0.4, 0.5) is 8.78 Å². The maximum atomic E-state index is 13.2. The van der Waals surface area contributed by atoms with Gasteiger partial charge >= 0.3 is 5.97 Å². The average Bonchev–Trinajstić information content (AvgIpc) is 2.23. The molecule has 0 radical (unpaired) electrons. The first-order valence-corrected chi connectivity index (χ1v) is 5.11. The van der Waals surface area contributed by atoms with Gasteiger partial charge in [0.2, 0.25) is 0 Å². The van der Waals surface area contributed by atoms with Crippen molar-refractivity contribution in [1.82, 2.24) is 0 Å². The Kier molecular flexibility index (Phi) is 4.68. The van der Waals surface area contributed by atoms with E-state index in [1.54, 1.807) is 0 Å². The highest BCUT2D eigenvalue weighted by atomic mass is 35.5. The van der Waals surface area contributed by atoms with Crippen molar-refractivity contribution in [2.75, 3.05) is 7.11 Å². The summed E-state index contributed by atoms with van der Waals surface area (Å²) in [5.41, 5.74) is 0.156. The molecule has 1 unspecified atom stereocenters. The van der Waals surface area contributed by atoms with E-state index in [0.29, 0.717) is 0 Å². The van der Waals surface area contributed by atoms with E-state index < -0.39 is 23.0 Å². The third kappa shape index (κ3) is 3.77. The molecule has 1 atom stereocenters. The highest BCUT2D eigenvalue weighted by Crippen LogP contribution is 2.16. The van der Waals surface area contributed by atoms with Crippen molar-refractivity contribution < 1.29 is 18.3 Å². The summed E-state index contributed by atoms with van der Waals surface area (Å²) in [5.74, 6) is -1.54. The van der Waals surface area contributed by atoms with Crippen LogP contribution in [0.25, 0.3) is 0 Å². The van der Waals surface area contributed by atoms with Crippen molar-refractivity contribution >= 4 is 17.6 Å². The molecule has 0 fully saturated rings. The molecule has 0 saturated heterocycles. The lowest BCUT2D eigenvalue weighted by Crippen LogP contribution is -2.13. The van der Waals surface area contributed by atoms with Crippen molar-refractivity contribution in [2.24, 2.45) is 0 Å². The van der Waals surface area contributed by atoms with Gasteiger partial charge in [0, 0.05) is 5.38 Å². The highest BCUT2D eigenvalue weighted by molar-refractivity contribution is 6.21. The molecule has 0 amide bonds. The second-order valence-electron chi connectivity index (χ2n) is 3.32. The molecule has 1 rings (SSSR count). The fourth-order valence-corrected chi connectivity index (χ4v) is 1.57. The van der Waals surface area contributed by atoms with E-state index in [-0.39, 0.29) is 18.4 Å². The number of methoxy groups -OCH3 is 1. The van der Waals surface area contributed by atoms with Crippen LogP contribution in [0.1, 0.15) is 12.0 Å². The summed E-state index contributed by atoms with van der Waals surface area (Å²) in [5, 5.41) is -0.608. The predicted molar refractivity (Wildman–Crippen MR) is 56.3 cm³/mol. The Balaban J connectivity index is 2.65. The minimum atomic E-state index is -0.608. The van der Waals surface area contributed by atoms with Crippen LogP contribution in [-0.4, -0.2) is 18.5 Å². The largest absolute Gasteiger partial charge is 0.469 e. The molecule has 5 heteroatoms. The predicted octanol–water partition coefficient (Wildman–Crippen LogP) is 2.68. The van der Waals surface area contributed by atoms with Gasteiger partial charge in [0.05, 0.1) is 13.5 Å². The van der Waals surface area contributed by atoms with E-state index in [4.69, 9.17) is 11.6 Å². The Morgan fingerprint density at radius 1 is 1.50 bits per heavy atom. The van der Waals surface area contributed by atoms with E-state index in [0.717, 1.165) is 18.2 Å². The minimum absolute atomic E-state index is 0.0337. The molecule has 16 heavy (non-hydrogen) atoms. The first kappa shape index (κ1) is 12.9. The summed E-state index contributed by atoms with van der Waals surface area (Å²) in [4.78, 5) is 10.9. The monoisotopic (exact) mass is 248 g/mol. The summed E-state index contributed by atoms with van der Waals surface area (Å²) in [6.07, 6.45) is 0.0499. The van der Waals surface area contributed by atoms with Gasteiger partial charge in [0.15, 0.2) is 0 Å². The number of ether oxygens (including phenoxy) is 1. The SMILES string of the molecule is COC(=O)CC(Cl)Cc1cc(F)ccc1F. The van der Waals surface area contributed by atoms with Gasteiger partial charge in [-0.3, -0.25) is 4.79 Å². The maximum Gasteiger partial charge on any atom is 0.307 e. The van der Waals surface area contributed by atoms with Crippen molar-refractivity contribution in [2.45, 2.75) is 18.2 Å². The number of rotatable bonds is 4. The molecule has 88 valence electrons. The molecule has 0 saturated carbocycles. The number of carbonyl (C=O) groups excluding carboxylic acids is 1. The van der Waals surface area contributed by atoms with Gasteiger partial charge in [-0.15, -0.1) is 11.6 Å². The summed E-state index contributed by atoms with van der Waals surface area (Å²) < 4.78 is 30.5. The quantitative estimate of drug-likeness (QED) is 0.605. The third-order valence-corrected chi connectivity index (χ3v) is 2.37. The lowest BCUT2D eigenvalue weighted by molar-refractivity contribution is -0.140. The third-order valence-electron chi connectivity index (χ3n) is 2.06. The average molecular weight is 249 g/mol. The second kappa shape index (κ2) is 5.80. The van der Waals surface area contributed by atoms with Gasteiger partial charge in [-0.1, -0.05) is 0 Å². The van der Waals surface area contributed by atoms with Gasteiger partial charge in [0.1, 0.15) is 11.6 Å². The standard InChI is InChI=1S/C11H11ClF2O2/c1-16-11(15)6-8(12)4-7-5-9(13)2-3-10(7)14/h2-3,5,8H,4,6H2,1H3. The van der Waals surface area contributed by atoms with Crippen molar-refractivity contribution in [1.29, 1.82) is 0 Å². The first-order valence-electron chi connectivity index (χ1n) is 4.67. The molecule has 0 aliphatic carbocycles. The number of halogens is 3. The number of alkyl halides is 1. The van der Waals surface area contributed by atoms with Crippen LogP contribution in [0.2, 0.25) is 0 Å². The molecule has 0 aromatic heterocycles. The normalized spacial score (nSPS) is 12.2. The Morgan fingerprint density at radius 2 is 2.19 bits per heavy atom. The summed E-state index contributed by atoms with van der Waals surface area (Å²) in [6, 6.07) is 3.14. The molecule has 1 aromatic carbocycles. The van der Waals surface area contributed by atoms with Crippen LogP contribution < -0.4 is 0 Å². The lowest BCUT2D eigenvalue weighted by Gasteiger charge is -2.08. The minimum Gasteiger partial charge on any atom is -0.469 e. The highest BCUT2D eigenvalue weighted by Gasteiger charge is 2.14. The fraction of sp³-hybridized carbons (Fsp3) is 0.364. The Labute approximate surface area is 97.2 Å². The molecule has 1 aromatic rings. The van der Waals surface area contributed by atoms with Gasteiger partial charge in [-0.25, -0.2) is 8.78 Å². The van der Waals surface area contributed by atoms with Gasteiger partial charge in [-0.2, -0.15) is 0 Å². The van der Waals surface area contributed by atoms with Crippen LogP contribution >= 0.6 is 11.6 Å². The zero-order valence-electron chi connectivity index (χ0n) is 8.67. The molecule has 0 heterocycles. The topological polar surface area (TPSA) is 26.3 Å². The molecule has 0 bridgehead atoms. The Morgan fingerprint density at radius 3 is 2.81 bits per heavy atom. The zero-order valence-corrected chi connectivity index (χ0v) is 9.43. The second-order valence-corrected chi connectivity index (χ2v) is 3.93. The van der Waals surface area contributed by atoms with Gasteiger partial charge in [-0.05, 0) is 30.2 Å². The van der Waals surface area contributed by atoms with E-state index in [1.807, 2.05) is 0 Å². The number of carbonyl (C=O) groups is 1. The molecular weight excluding hydrogens is 238 g/mol. The van der Waals surface area contributed by atoms with Crippen molar-refractivity contribution in [3.8, 4) is 0 Å². The summed E-state index contributed by atoms with van der Waals surface area (Å²) in [7, 11) is 1.24. The van der Waals surface area contributed by atoms with E-state index >= 15 is 0 Å². The van der Waals surface area contributed by atoms with Crippen LogP contribution in [0.15, 0.2) is 18.2 Å². The zero-order chi connectivity index (χ0) is 12.1. The summed E-state index contributed by atoms with van der Waals surface area (Å²) in [6.45, 7) is 0. The van der Waals surface area contributed by atoms with Crippen molar-refractivity contribution in [3.63, 3.8) is 0 Å². The molecule has 0 N–H and O–H groups in total. The number of hydrogen-bond acceptors (Lipinski definition) is 2. The van der Waals surface area contributed by atoms with Crippen LogP contribution in [0, 0.1) is 11.6 Å². The Hall–Kier alpha value is -1.16. The molecule has 0 aliphatic rings. The number of benzene rings is 1. The van der Waals surface area contributed by atoms with Crippen LogP contribution in [0.5, 0.6) is 0 Å². The van der Waals surface area contributed by atoms with Crippen LogP contribution in [-0.2, 0) is 16.0 Å².